The van der Waals surface area contributed by atoms with E-state index in [-0.39, 0.29) is 11.9 Å². The van der Waals surface area contributed by atoms with Gasteiger partial charge in [-0.05, 0) is 19.4 Å². The van der Waals surface area contributed by atoms with Gasteiger partial charge < -0.3 is 15.6 Å². The molecule has 2 unspecified atom stereocenters. The van der Waals surface area contributed by atoms with E-state index in [0.29, 0.717) is 5.82 Å². The summed E-state index contributed by atoms with van der Waals surface area (Å²) in [5.74, 6) is 0.432. The lowest BCUT2D eigenvalue weighted by atomic mass is 9.92. The van der Waals surface area contributed by atoms with E-state index < -0.39 is 5.54 Å². The monoisotopic (exact) mass is 273 g/mol. The van der Waals surface area contributed by atoms with E-state index in [4.69, 9.17) is 5.73 Å². The molecule has 0 fully saturated rings. The van der Waals surface area contributed by atoms with Gasteiger partial charge in [-0.25, -0.2) is 0 Å². The Morgan fingerprint density at radius 2 is 2.05 bits per heavy atom. The number of nitrogens with one attached hydrogen (secondary N) is 1. The first kappa shape index (κ1) is 14.2. The van der Waals surface area contributed by atoms with Crippen LogP contribution in [0.5, 0.6) is 0 Å². The van der Waals surface area contributed by atoms with Gasteiger partial charge in [0, 0.05) is 7.05 Å². The Balaban J connectivity index is 2.14. The van der Waals surface area contributed by atoms with Gasteiger partial charge in [0.1, 0.15) is 11.9 Å². The fraction of sp³-hybridized carbons (Fsp3) is 0.357. The van der Waals surface area contributed by atoms with Crippen LogP contribution in [0.1, 0.15) is 31.3 Å². The number of carbonyl (C=O) groups excluding carboxylic acids is 1. The van der Waals surface area contributed by atoms with Crippen molar-refractivity contribution in [2.75, 3.05) is 0 Å². The van der Waals surface area contributed by atoms with E-state index >= 15 is 0 Å². The van der Waals surface area contributed by atoms with E-state index in [1.807, 2.05) is 44.3 Å². The van der Waals surface area contributed by atoms with Crippen LogP contribution >= 0.6 is 0 Å². The lowest BCUT2D eigenvalue weighted by Crippen LogP contribution is -2.49. The average molecular weight is 273 g/mol. The zero-order valence-corrected chi connectivity index (χ0v) is 11.9. The Morgan fingerprint density at radius 3 is 2.60 bits per heavy atom. The summed E-state index contributed by atoms with van der Waals surface area (Å²) in [6.45, 7) is 3.55. The predicted molar refractivity (Wildman–Crippen MR) is 75.5 cm³/mol. The molecular formula is C14H19N5O. The van der Waals surface area contributed by atoms with Gasteiger partial charge in [0.25, 0.3) is 0 Å². The zero-order valence-electron chi connectivity index (χ0n) is 11.9. The highest BCUT2D eigenvalue weighted by molar-refractivity contribution is 5.87. The fourth-order valence-corrected chi connectivity index (χ4v) is 2.01. The number of carbonyl (C=O) groups is 1. The molecule has 20 heavy (non-hydrogen) atoms. The first-order valence-electron chi connectivity index (χ1n) is 6.42. The summed E-state index contributed by atoms with van der Waals surface area (Å²) >= 11 is 0. The largest absolute Gasteiger partial charge is 0.344 e. The quantitative estimate of drug-likeness (QED) is 0.865. The van der Waals surface area contributed by atoms with Crippen molar-refractivity contribution in [2.45, 2.75) is 25.4 Å². The van der Waals surface area contributed by atoms with Crippen LogP contribution in [0, 0.1) is 0 Å². The summed E-state index contributed by atoms with van der Waals surface area (Å²) in [5, 5.41) is 10.7. The maximum absolute atomic E-state index is 12.4. The van der Waals surface area contributed by atoms with Crippen LogP contribution in [0.3, 0.4) is 0 Å². The van der Waals surface area contributed by atoms with Crippen LogP contribution in [0.4, 0.5) is 0 Å². The van der Waals surface area contributed by atoms with Crippen molar-refractivity contribution in [2.24, 2.45) is 12.8 Å². The molecule has 0 spiro atoms. The average Bonchev–Trinajstić information content (AvgIpc) is 2.86. The Labute approximate surface area is 118 Å². The summed E-state index contributed by atoms with van der Waals surface area (Å²) < 4.78 is 1.77. The number of aromatic nitrogens is 3. The summed E-state index contributed by atoms with van der Waals surface area (Å²) in [5.41, 5.74) is 5.84. The molecular weight excluding hydrogens is 254 g/mol. The number of hydrogen-bond donors (Lipinski definition) is 2. The Bertz CT molecular complexity index is 591. The molecule has 0 saturated heterocycles. The molecule has 0 bridgehead atoms. The highest BCUT2D eigenvalue weighted by Crippen LogP contribution is 2.19. The fourth-order valence-electron chi connectivity index (χ4n) is 2.01. The highest BCUT2D eigenvalue weighted by atomic mass is 16.2. The lowest BCUT2D eigenvalue weighted by Gasteiger charge is -2.26. The van der Waals surface area contributed by atoms with Gasteiger partial charge in [0.05, 0.1) is 6.04 Å². The van der Waals surface area contributed by atoms with Gasteiger partial charge >= 0.3 is 0 Å². The number of benzene rings is 1. The Hall–Kier alpha value is -2.21. The molecule has 1 aromatic heterocycles. The third-order valence-electron chi connectivity index (χ3n) is 3.33. The molecule has 0 aliphatic rings. The minimum atomic E-state index is -1.09. The molecule has 6 heteroatoms. The Kier molecular flexibility index (Phi) is 3.85. The predicted octanol–water partition coefficient (Wildman–Crippen LogP) is 0.866. The standard InChI is InChI=1S/C14H19N5O/c1-10(12-18-16-9-19(12)3)17-13(20)14(2,15)11-7-5-4-6-8-11/h4-10H,15H2,1-3H3,(H,17,20). The first-order chi connectivity index (χ1) is 9.43. The van der Waals surface area contributed by atoms with Crippen molar-refractivity contribution in [3.05, 3.63) is 48.0 Å². The first-order valence-corrected chi connectivity index (χ1v) is 6.42. The molecule has 2 atom stereocenters. The number of nitrogens with two attached hydrogens (primary N) is 1. The van der Waals surface area contributed by atoms with Gasteiger partial charge in [0.2, 0.25) is 5.91 Å². The third-order valence-corrected chi connectivity index (χ3v) is 3.33. The maximum Gasteiger partial charge on any atom is 0.244 e. The van der Waals surface area contributed by atoms with Crippen LogP contribution in [0.25, 0.3) is 0 Å². The van der Waals surface area contributed by atoms with Gasteiger partial charge in [0.15, 0.2) is 5.82 Å². The molecule has 1 amide bonds. The van der Waals surface area contributed by atoms with E-state index in [1.165, 1.54) is 0 Å². The van der Waals surface area contributed by atoms with Gasteiger partial charge in [-0.15, -0.1) is 10.2 Å². The third kappa shape index (κ3) is 2.70. The molecule has 2 aromatic rings. The number of aryl methyl sites for hydroxylation is 1. The van der Waals surface area contributed by atoms with Crippen molar-refractivity contribution in [3.8, 4) is 0 Å². The second-order valence-corrected chi connectivity index (χ2v) is 5.06. The molecule has 2 rings (SSSR count). The van der Waals surface area contributed by atoms with Crippen molar-refractivity contribution in [3.63, 3.8) is 0 Å². The SMILES string of the molecule is CC(NC(=O)C(C)(N)c1ccccc1)c1nncn1C. The van der Waals surface area contributed by atoms with Crippen molar-refractivity contribution in [1.29, 1.82) is 0 Å². The highest BCUT2D eigenvalue weighted by Gasteiger charge is 2.31. The number of nitrogens with zero attached hydrogens (tertiary/aromatic N) is 3. The summed E-state index contributed by atoms with van der Waals surface area (Å²) in [4.78, 5) is 12.4. The second-order valence-electron chi connectivity index (χ2n) is 5.06. The summed E-state index contributed by atoms with van der Waals surface area (Å²) in [7, 11) is 1.83. The Morgan fingerprint density at radius 1 is 1.40 bits per heavy atom. The van der Waals surface area contributed by atoms with Crippen LogP contribution in [-0.4, -0.2) is 20.7 Å². The second kappa shape index (κ2) is 5.42. The molecule has 0 aliphatic carbocycles. The normalized spacial score (nSPS) is 15.4. The minimum absolute atomic E-state index is 0.251. The van der Waals surface area contributed by atoms with Crippen LogP contribution in [-0.2, 0) is 17.4 Å². The number of amides is 1. The molecule has 3 N–H and O–H groups in total. The molecule has 1 heterocycles. The van der Waals surface area contributed by atoms with Crippen molar-refractivity contribution >= 4 is 5.91 Å². The van der Waals surface area contributed by atoms with E-state index in [1.54, 1.807) is 17.8 Å². The molecule has 0 aliphatic heterocycles. The van der Waals surface area contributed by atoms with Crippen LogP contribution in [0.2, 0.25) is 0 Å². The summed E-state index contributed by atoms with van der Waals surface area (Å²) in [6.07, 6.45) is 1.59. The van der Waals surface area contributed by atoms with E-state index in [2.05, 4.69) is 15.5 Å². The lowest BCUT2D eigenvalue weighted by molar-refractivity contribution is -0.126. The van der Waals surface area contributed by atoms with Gasteiger partial charge in [-0.1, -0.05) is 30.3 Å². The van der Waals surface area contributed by atoms with Crippen molar-refractivity contribution in [1.82, 2.24) is 20.1 Å². The maximum atomic E-state index is 12.4. The van der Waals surface area contributed by atoms with Gasteiger partial charge in [-0.2, -0.15) is 0 Å². The molecule has 0 radical (unpaired) electrons. The number of hydrogen-bond acceptors (Lipinski definition) is 4. The number of rotatable bonds is 4. The van der Waals surface area contributed by atoms with E-state index in [0.717, 1.165) is 5.56 Å². The zero-order chi connectivity index (χ0) is 14.8. The van der Waals surface area contributed by atoms with E-state index in [9.17, 15) is 4.79 Å². The summed E-state index contributed by atoms with van der Waals surface area (Å²) in [6, 6.07) is 9.03. The molecule has 6 nitrogen and oxygen atoms in total. The molecule has 0 saturated carbocycles. The smallest absolute Gasteiger partial charge is 0.244 e. The van der Waals surface area contributed by atoms with Crippen LogP contribution in [0.15, 0.2) is 36.7 Å². The van der Waals surface area contributed by atoms with Crippen molar-refractivity contribution < 1.29 is 4.79 Å². The minimum Gasteiger partial charge on any atom is -0.344 e. The topological polar surface area (TPSA) is 85.8 Å². The van der Waals surface area contributed by atoms with Gasteiger partial charge in [-0.3, -0.25) is 4.79 Å². The molecule has 106 valence electrons. The molecule has 1 aromatic carbocycles. The van der Waals surface area contributed by atoms with Crippen LogP contribution < -0.4 is 11.1 Å².